The van der Waals surface area contributed by atoms with Crippen molar-refractivity contribution in [3.05, 3.63) is 69.6 Å². The molecule has 0 aliphatic rings. The molecule has 1 N–H and O–H groups in total. The number of aryl methyl sites for hydroxylation is 2. The first-order valence-corrected chi connectivity index (χ1v) is 11.0. The van der Waals surface area contributed by atoms with Crippen molar-refractivity contribution < 1.29 is 13.5 Å². The molecule has 28 heavy (non-hydrogen) atoms. The van der Waals surface area contributed by atoms with Crippen LogP contribution in [0.2, 0.25) is 5.02 Å². The fourth-order valence-corrected chi connectivity index (χ4v) is 5.67. The molecule has 3 aromatic rings. The van der Waals surface area contributed by atoms with Gasteiger partial charge < -0.3 is 0 Å². The molecule has 4 nitrogen and oxygen atoms in total. The molecular formula is C20H18BClNO3S2. The zero-order valence-corrected chi connectivity index (χ0v) is 18.0. The van der Waals surface area contributed by atoms with Gasteiger partial charge in [-0.3, -0.25) is 0 Å². The van der Waals surface area contributed by atoms with Crippen molar-refractivity contribution in [1.29, 1.82) is 0 Å². The predicted octanol–water partition coefficient (Wildman–Crippen LogP) is 4.53. The first-order valence-electron chi connectivity index (χ1n) is 8.39. The number of nitrogens with zero attached hydrogens (tertiary/aromatic N) is 1. The Hall–Kier alpha value is -2.09. The van der Waals surface area contributed by atoms with Crippen LogP contribution in [0.3, 0.4) is 0 Å². The Morgan fingerprint density at radius 3 is 2.36 bits per heavy atom. The molecule has 3 rings (SSSR count). The Balaban J connectivity index is 2.14. The molecule has 2 aromatic carbocycles. The summed E-state index contributed by atoms with van der Waals surface area (Å²) in [5.41, 5.74) is 2.01. The summed E-state index contributed by atoms with van der Waals surface area (Å²) < 4.78 is 27.7. The summed E-state index contributed by atoms with van der Waals surface area (Å²) in [5.74, 6) is 0. The maximum atomic E-state index is 13.3. The minimum absolute atomic E-state index is 0.159. The first-order chi connectivity index (χ1) is 13.1. The monoisotopic (exact) mass is 430 g/mol. The van der Waals surface area contributed by atoms with Crippen LogP contribution in [0.25, 0.3) is 10.4 Å². The Morgan fingerprint density at radius 1 is 1.11 bits per heavy atom. The maximum absolute atomic E-state index is 13.3. The van der Waals surface area contributed by atoms with E-state index in [1.54, 1.807) is 32.0 Å². The Morgan fingerprint density at radius 2 is 1.75 bits per heavy atom. The van der Waals surface area contributed by atoms with Gasteiger partial charge in [0.15, 0.2) is 0 Å². The van der Waals surface area contributed by atoms with E-state index in [4.69, 9.17) is 19.1 Å². The van der Waals surface area contributed by atoms with Crippen LogP contribution in [0.1, 0.15) is 16.0 Å². The van der Waals surface area contributed by atoms with E-state index < -0.39 is 15.7 Å². The van der Waals surface area contributed by atoms with Gasteiger partial charge in [0.25, 0.3) is 0 Å². The summed E-state index contributed by atoms with van der Waals surface area (Å²) in [6, 6.07) is 14.4. The summed E-state index contributed by atoms with van der Waals surface area (Å²) in [6.07, 6.45) is 0. The van der Waals surface area contributed by atoms with E-state index in [1.165, 1.54) is 18.4 Å². The molecule has 0 saturated heterocycles. The molecule has 0 atom stereocenters. The van der Waals surface area contributed by atoms with Gasteiger partial charge in [0.1, 0.15) is 0 Å². The van der Waals surface area contributed by atoms with E-state index >= 15 is 0 Å². The SMILES string of the molecule is [B]=C(O)c1sc(-c2ccccc2)cc1N(C)S(=O)(=O)c1cc(C)c(Cl)cc1C. The summed E-state index contributed by atoms with van der Waals surface area (Å²) in [6.45, 7) is 3.45. The van der Waals surface area contributed by atoms with Gasteiger partial charge in [-0.15, -0.1) is 0 Å². The van der Waals surface area contributed by atoms with E-state index in [1.807, 2.05) is 30.3 Å². The molecule has 1 heterocycles. The van der Waals surface area contributed by atoms with Crippen molar-refractivity contribution in [3.8, 4) is 10.4 Å². The first kappa shape index (κ1) is 20.6. The number of aliphatic hydroxyl groups is 1. The van der Waals surface area contributed by atoms with E-state index in [0.717, 1.165) is 14.7 Å². The molecule has 1 radical (unpaired) electrons. The molecule has 0 fully saturated rings. The van der Waals surface area contributed by atoms with E-state index in [0.29, 0.717) is 26.7 Å². The summed E-state index contributed by atoms with van der Waals surface area (Å²) in [5, 5.41) is 10.5. The molecule has 0 saturated carbocycles. The van der Waals surface area contributed by atoms with E-state index in [-0.39, 0.29) is 4.90 Å². The Kier molecular flexibility index (Phi) is 5.70. The molecular weight excluding hydrogens is 413 g/mol. The predicted molar refractivity (Wildman–Crippen MR) is 118 cm³/mol. The van der Waals surface area contributed by atoms with Gasteiger partial charge in [0.2, 0.25) is 0 Å². The number of aliphatic hydroxyl groups excluding tert-OH is 1. The van der Waals surface area contributed by atoms with Crippen LogP contribution in [0.5, 0.6) is 0 Å². The van der Waals surface area contributed by atoms with Crippen molar-refractivity contribution in [1.82, 2.24) is 0 Å². The molecule has 1 aromatic heterocycles. The van der Waals surface area contributed by atoms with Crippen LogP contribution in [0, 0.1) is 13.8 Å². The third-order valence-electron chi connectivity index (χ3n) is 4.44. The molecule has 8 heteroatoms. The number of halogens is 1. The van der Waals surface area contributed by atoms with Gasteiger partial charge in [-0.05, 0) is 0 Å². The standard InChI is InChI=1S/C20H18BClNO3S2/c1-12-10-18(13(2)9-15(12)22)28(25,26)23(3)16-11-17(27-19(16)20(21)24)14-7-5-4-6-8-14/h4-11,24H,1-3H3. The van der Waals surface area contributed by atoms with Crippen molar-refractivity contribution in [3.63, 3.8) is 0 Å². The number of benzene rings is 2. The molecule has 0 amide bonds. The van der Waals surface area contributed by atoms with Crippen LogP contribution < -0.4 is 4.31 Å². The van der Waals surface area contributed by atoms with Gasteiger partial charge >= 0.3 is 175 Å². The van der Waals surface area contributed by atoms with Gasteiger partial charge in [-0.2, -0.15) is 0 Å². The molecule has 0 aliphatic heterocycles. The Labute approximate surface area is 175 Å². The van der Waals surface area contributed by atoms with Crippen LogP contribution in [-0.2, 0) is 10.0 Å². The second kappa shape index (κ2) is 7.74. The number of hydrogen-bond acceptors (Lipinski definition) is 4. The number of anilines is 1. The molecule has 0 spiro atoms. The fraction of sp³-hybridized carbons (Fsp3) is 0.150. The van der Waals surface area contributed by atoms with Crippen LogP contribution in [-0.4, -0.2) is 33.7 Å². The van der Waals surface area contributed by atoms with E-state index in [9.17, 15) is 13.5 Å². The number of hydrogen-bond donors (Lipinski definition) is 1. The molecule has 0 bridgehead atoms. The number of thiophene rings is 1. The molecule has 0 aliphatic carbocycles. The fourth-order valence-electron chi connectivity index (χ4n) is 2.85. The van der Waals surface area contributed by atoms with Crippen molar-refractivity contribution in [2.24, 2.45) is 0 Å². The molecule has 0 unspecified atom stereocenters. The quantitative estimate of drug-likeness (QED) is 0.605. The number of sulfonamides is 1. The second-order valence-corrected chi connectivity index (χ2v) is 9.81. The van der Waals surface area contributed by atoms with Gasteiger partial charge in [-0.1, -0.05) is 0 Å². The van der Waals surface area contributed by atoms with Crippen molar-refractivity contribution >= 4 is 51.8 Å². The van der Waals surface area contributed by atoms with Crippen molar-refractivity contribution in [2.45, 2.75) is 18.7 Å². The van der Waals surface area contributed by atoms with Crippen molar-refractivity contribution in [2.75, 3.05) is 11.4 Å². The third kappa shape index (κ3) is 3.74. The van der Waals surface area contributed by atoms with E-state index in [2.05, 4.69) is 0 Å². The van der Waals surface area contributed by atoms with Gasteiger partial charge in [-0.25, -0.2) is 0 Å². The average Bonchev–Trinajstić information content (AvgIpc) is 3.10. The zero-order valence-electron chi connectivity index (χ0n) is 15.6. The topological polar surface area (TPSA) is 57.6 Å². The van der Waals surface area contributed by atoms with Gasteiger partial charge in [0.05, 0.1) is 0 Å². The van der Waals surface area contributed by atoms with Crippen LogP contribution >= 0.6 is 22.9 Å². The van der Waals surface area contributed by atoms with Gasteiger partial charge in [0, 0.05) is 0 Å². The summed E-state index contributed by atoms with van der Waals surface area (Å²) in [7, 11) is 3.20. The summed E-state index contributed by atoms with van der Waals surface area (Å²) in [4.78, 5) is 1.26. The summed E-state index contributed by atoms with van der Waals surface area (Å²) >= 11 is 7.34. The minimum atomic E-state index is -3.89. The normalized spacial score (nSPS) is 11.4. The number of rotatable bonds is 5. The third-order valence-corrected chi connectivity index (χ3v) is 7.95. The van der Waals surface area contributed by atoms with Crippen LogP contribution in [0.4, 0.5) is 5.69 Å². The van der Waals surface area contributed by atoms with Crippen LogP contribution in [0.15, 0.2) is 53.4 Å². The zero-order chi connectivity index (χ0) is 20.6. The Bertz CT molecular complexity index is 1160. The average molecular weight is 431 g/mol. The molecule has 143 valence electrons. The second-order valence-electron chi connectivity index (χ2n) is 6.42.